The molecule has 0 heterocycles. The van der Waals surface area contributed by atoms with Gasteiger partial charge in [0.15, 0.2) is 11.2 Å². The van der Waals surface area contributed by atoms with Gasteiger partial charge in [-0.15, -0.1) is 0 Å². The molecule has 0 rings (SSSR count). The maximum absolute atomic E-state index is 10.3. The molecule has 0 amide bonds. The molecular weight excluding hydrogens is 625 g/mol. The van der Waals surface area contributed by atoms with Crippen LogP contribution in [0.5, 0.6) is 0 Å². The first-order chi connectivity index (χ1) is 13.3. The zero-order valence-electron chi connectivity index (χ0n) is 14.6. The third-order valence-electron chi connectivity index (χ3n) is 2.57. The molecule has 9 N–H and O–H groups in total. The average molecular weight is 642 g/mol. The van der Waals surface area contributed by atoms with E-state index in [0.29, 0.717) is 0 Å². The molecule has 0 aliphatic rings. The van der Waals surface area contributed by atoms with Gasteiger partial charge < -0.3 is 40.9 Å². The fraction of sp³-hybridized carbons (Fsp3) is 0.500. The van der Waals surface area contributed by atoms with Gasteiger partial charge in [0, 0.05) is 0 Å². The van der Waals surface area contributed by atoms with Gasteiger partial charge in [0.2, 0.25) is 0 Å². The molecule has 0 aromatic rings. The summed E-state index contributed by atoms with van der Waals surface area (Å²) in [7, 11) is 0. The topological polar surface area (TPSA) is 319 Å². The Morgan fingerprint density at radius 2 is 0.667 bits per heavy atom. The van der Waals surface area contributed by atoms with E-state index in [4.69, 9.17) is 49.7 Å². The summed E-state index contributed by atoms with van der Waals surface area (Å²) in [6, 6.07) is 0. The van der Waals surface area contributed by atoms with E-state index in [0.717, 1.165) is 0 Å². The van der Waals surface area contributed by atoms with Crippen LogP contribution in [0.3, 0.4) is 0 Å². The molecule has 0 aromatic heterocycles. The van der Waals surface area contributed by atoms with Gasteiger partial charge in [0.25, 0.3) is 0 Å². The second kappa shape index (κ2) is 14.2. The summed E-state index contributed by atoms with van der Waals surface area (Å²) >= 11 is -4.09. The summed E-state index contributed by atoms with van der Waals surface area (Å²) in [5.41, 5.74) is -5.48. The van der Waals surface area contributed by atoms with Crippen molar-refractivity contribution in [3.63, 3.8) is 0 Å². The van der Waals surface area contributed by atoms with Gasteiger partial charge in [0.1, 0.15) is 0 Å². The summed E-state index contributed by atoms with van der Waals surface area (Å²) in [4.78, 5) is 61.0. The Morgan fingerprint density at radius 3 is 0.733 bits per heavy atom. The zero-order chi connectivity index (χ0) is 24.9. The van der Waals surface area contributed by atoms with E-state index in [9.17, 15) is 28.8 Å². The monoisotopic (exact) mass is 642 g/mol. The van der Waals surface area contributed by atoms with Crippen molar-refractivity contribution in [1.82, 2.24) is 0 Å². The van der Waals surface area contributed by atoms with E-state index < -0.39 is 94.9 Å². The van der Waals surface area contributed by atoms with E-state index in [1.807, 2.05) is 0 Å². The van der Waals surface area contributed by atoms with Gasteiger partial charge in [-0.3, -0.25) is 19.2 Å². The van der Waals surface area contributed by atoms with Crippen LogP contribution >= 0.6 is 0 Å². The third kappa shape index (κ3) is 17.3. The predicted octanol–water partition coefficient (Wildman–Crippen LogP) is -3.67. The Labute approximate surface area is 173 Å². The normalized spacial score (nSPS) is 10.2. The minimum atomic E-state index is -4.09. The molecule has 0 aliphatic heterocycles. The van der Waals surface area contributed by atoms with Gasteiger partial charge in [-0.25, -0.2) is 9.59 Å². The van der Waals surface area contributed by atoms with Crippen LogP contribution in [0.1, 0.15) is 25.7 Å². The van der Waals surface area contributed by atoms with Crippen molar-refractivity contribution < 1.29 is 78.4 Å². The Kier molecular flexibility index (Phi) is 15.1. The third-order valence-corrected chi connectivity index (χ3v) is 2.57. The van der Waals surface area contributed by atoms with E-state index in [-0.39, 0.29) is 0 Å². The van der Waals surface area contributed by atoms with Crippen molar-refractivity contribution >= 4 is 58.0 Å². The number of hydrogen-bond donors (Lipinski definition) is 9. The predicted molar refractivity (Wildman–Crippen MR) is 83.5 cm³/mol. The quantitative estimate of drug-likeness (QED) is 0.104. The molecule has 0 aromatic carbocycles. The Hall–Kier alpha value is -2.82. The second-order valence-corrected chi connectivity index (χ2v) is 7.04. The molecule has 0 aliphatic carbocycles. The van der Waals surface area contributed by atoms with E-state index in [1.165, 1.54) is 0 Å². The molecule has 18 heteroatoms. The molecular formula is C12H17BiO17. The standard InChI is InChI=1S/2C6H8O7.Bi.H2O.2O/c2*7-3(8)1-6(13,5(11)12)2-4(9)10;;;;/h2*13H,1-2H2,(H,7,8)(H,9,10)(H,11,12);;1H2;;/q;;+1;;;/p-1. The summed E-state index contributed by atoms with van der Waals surface area (Å²) in [6.45, 7) is 0. The van der Waals surface area contributed by atoms with Crippen LogP contribution in [-0.4, -0.2) is 113 Å². The van der Waals surface area contributed by atoms with Crippen LogP contribution < -0.4 is 0 Å². The molecule has 17 nitrogen and oxygen atoms in total. The SMILES string of the molecule is O=C(O)CC(O)(CC(=O)O)C(=O)O.O=C(O)CC(O)(CC(=O)O)C(=O)O.[O]=[Bi](=[O])[OH]. The van der Waals surface area contributed by atoms with Crippen LogP contribution in [0, 0.1) is 0 Å². The fourth-order valence-corrected chi connectivity index (χ4v) is 1.43. The first kappa shape index (κ1) is 31.9. The van der Waals surface area contributed by atoms with Crippen molar-refractivity contribution in [1.29, 1.82) is 0 Å². The fourth-order valence-electron chi connectivity index (χ4n) is 1.43. The van der Waals surface area contributed by atoms with Gasteiger partial charge in [0.05, 0.1) is 25.7 Å². The summed E-state index contributed by atoms with van der Waals surface area (Å²) < 4.78 is 24.6. The van der Waals surface area contributed by atoms with Crippen molar-refractivity contribution in [3.8, 4) is 0 Å². The Morgan fingerprint density at radius 1 is 0.533 bits per heavy atom. The molecule has 0 radical (unpaired) electrons. The van der Waals surface area contributed by atoms with E-state index >= 15 is 0 Å². The number of carbonyl (C=O) groups is 6. The van der Waals surface area contributed by atoms with Gasteiger partial charge in [-0.1, -0.05) is 0 Å². The van der Waals surface area contributed by atoms with Crippen LogP contribution in [0.2, 0.25) is 0 Å². The van der Waals surface area contributed by atoms with Crippen molar-refractivity contribution in [3.05, 3.63) is 0 Å². The molecule has 172 valence electrons. The summed E-state index contributed by atoms with van der Waals surface area (Å²) in [5.74, 6) is -10.0. The van der Waals surface area contributed by atoms with Crippen molar-refractivity contribution in [2.24, 2.45) is 0 Å². The number of hydrogen-bond acceptors (Lipinski definition) is 10. The van der Waals surface area contributed by atoms with Gasteiger partial charge in [-0.2, -0.15) is 0 Å². The first-order valence-electron chi connectivity index (χ1n) is 6.91. The van der Waals surface area contributed by atoms with Crippen molar-refractivity contribution in [2.45, 2.75) is 36.9 Å². The number of rotatable bonds is 10. The van der Waals surface area contributed by atoms with Crippen LogP contribution in [0.15, 0.2) is 0 Å². The molecule has 0 spiro atoms. The van der Waals surface area contributed by atoms with Crippen LogP contribution in [0.4, 0.5) is 0 Å². The number of aliphatic hydroxyl groups is 2. The zero-order valence-corrected chi connectivity index (χ0v) is 18.0. The molecule has 0 unspecified atom stereocenters. The molecule has 30 heavy (non-hydrogen) atoms. The Balaban J connectivity index is -0.000000412. The minimum absolute atomic E-state index is 1.14. The molecule has 0 bridgehead atoms. The molecule has 0 fully saturated rings. The maximum atomic E-state index is 10.3. The first-order valence-corrected chi connectivity index (χ1v) is 11.3. The van der Waals surface area contributed by atoms with Gasteiger partial charge >= 0.3 is 66.8 Å². The van der Waals surface area contributed by atoms with Crippen LogP contribution in [0.25, 0.3) is 0 Å². The van der Waals surface area contributed by atoms with E-state index in [1.54, 1.807) is 0 Å². The molecule has 0 atom stereocenters. The average Bonchev–Trinajstić information content (AvgIpc) is 2.43. The van der Waals surface area contributed by atoms with Gasteiger partial charge in [-0.05, 0) is 0 Å². The molecule has 0 saturated heterocycles. The number of carboxylic acids is 6. The summed E-state index contributed by atoms with van der Waals surface area (Å²) in [6.07, 6.45) is -4.58. The number of carboxylic acid groups (broad SMARTS) is 6. The molecule has 0 saturated carbocycles. The summed E-state index contributed by atoms with van der Waals surface area (Å²) in [5, 5.41) is 67.6. The van der Waals surface area contributed by atoms with E-state index in [2.05, 4.69) is 0 Å². The Bertz CT molecular complexity index is 643. The second-order valence-electron chi connectivity index (χ2n) is 5.19. The number of aliphatic carboxylic acids is 6. The van der Waals surface area contributed by atoms with Crippen LogP contribution in [-0.2, 0) is 34.4 Å². The van der Waals surface area contributed by atoms with Crippen molar-refractivity contribution in [2.75, 3.05) is 0 Å².